The lowest BCUT2D eigenvalue weighted by Crippen LogP contribution is -2.14. The predicted molar refractivity (Wildman–Crippen MR) is 63.8 cm³/mol. The number of carbonyl (C=O) groups excluding carboxylic acids is 1. The van der Waals surface area contributed by atoms with E-state index in [4.69, 9.17) is 16.3 Å². The highest BCUT2D eigenvalue weighted by molar-refractivity contribution is 6.31. The van der Waals surface area contributed by atoms with Crippen LogP contribution in [0.4, 0.5) is 0 Å². The highest BCUT2D eigenvalue weighted by Gasteiger charge is 2.06. The first-order chi connectivity index (χ1) is 7.70. The Morgan fingerprint density at radius 1 is 1.44 bits per heavy atom. The zero-order valence-corrected chi connectivity index (χ0v) is 9.70. The summed E-state index contributed by atoms with van der Waals surface area (Å²) in [6.07, 6.45) is 1.88. The Hall–Kier alpha value is -1.32. The van der Waals surface area contributed by atoms with Gasteiger partial charge in [-0.2, -0.15) is 0 Å². The van der Waals surface area contributed by atoms with E-state index in [1.807, 2.05) is 35.0 Å². The van der Waals surface area contributed by atoms with Crippen LogP contribution >= 0.6 is 11.6 Å². The molecule has 0 aliphatic rings. The summed E-state index contributed by atoms with van der Waals surface area (Å²) in [6, 6.07) is 7.56. The Morgan fingerprint density at radius 3 is 3.00 bits per heavy atom. The first-order valence-corrected chi connectivity index (χ1v) is 5.33. The molecule has 84 valence electrons. The van der Waals surface area contributed by atoms with E-state index in [0.717, 1.165) is 10.9 Å². The summed E-state index contributed by atoms with van der Waals surface area (Å²) >= 11 is 5.89. The molecule has 0 saturated carbocycles. The molecule has 1 heterocycles. The molecule has 0 saturated heterocycles. The van der Waals surface area contributed by atoms with Crippen molar-refractivity contribution in [2.45, 2.75) is 6.54 Å². The molecule has 2 aromatic rings. The maximum absolute atomic E-state index is 11.4. The molecule has 4 heteroatoms. The maximum Gasteiger partial charge on any atom is 0.178 e. The molecule has 0 aliphatic heterocycles. The van der Waals surface area contributed by atoms with Gasteiger partial charge in [-0.1, -0.05) is 11.6 Å². The summed E-state index contributed by atoms with van der Waals surface area (Å²) in [6.45, 7) is 0.478. The third kappa shape index (κ3) is 2.26. The molecule has 0 N–H and O–H groups in total. The van der Waals surface area contributed by atoms with E-state index in [1.165, 1.54) is 7.11 Å². The van der Waals surface area contributed by atoms with Crippen LogP contribution in [-0.2, 0) is 16.1 Å². The fourth-order valence-corrected chi connectivity index (χ4v) is 1.89. The minimum absolute atomic E-state index is 0.0509. The van der Waals surface area contributed by atoms with Gasteiger partial charge in [0.1, 0.15) is 6.61 Å². The van der Waals surface area contributed by atoms with Gasteiger partial charge >= 0.3 is 0 Å². The lowest BCUT2D eigenvalue weighted by atomic mass is 10.2. The van der Waals surface area contributed by atoms with Crippen molar-refractivity contribution in [1.29, 1.82) is 0 Å². The summed E-state index contributed by atoms with van der Waals surface area (Å²) in [5.41, 5.74) is 1.01. The molecule has 0 unspecified atom stereocenters. The van der Waals surface area contributed by atoms with Crippen molar-refractivity contribution >= 4 is 28.3 Å². The van der Waals surface area contributed by atoms with Crippen molar-refractivity contribution in [3.63, 3.8) is 0 Å². The molecular weight excluding hydrogens is 226 g/mol. The number of fused-ring (bicyclic) bond motifs is 1. The van der Waals surface area contributed by atoms with Gasteiger partial charge in [0.25, 0.3) is 0 Å². The monoisotopic (exact) mass is 237 g/mol. The summed E-state index contributed by atoms with van der Waals surface area (Å²) < 4.78 is 6.70. The number of aromatic nitrogens is 1. The molecule has 0 atom stereocenters. The van der Waals surface area contributed by atoms with Gasteiger partial charge in [-0.3, -0.25) is 4.79 Å². The molecule has 16 heavy (non-hydrogen) atoms. The SMILES string of the molecule is COCC(=O)Cn1ccc2cc(Cl)ccc21. The summed E-state index contributed by atoms with van der Waals surface area (Å²) in [4.78, 5) is 11.4. The quantitative estimate of drug-likeness (QED) is 0.818. The summed E-state index contributed by atoms with van der Waals surface area (Å²) in [7, 11) is 1.52. The van der Waals surface area contributed by atoms with Crippen molar-refractivity contribution in [3.05, 3.63) is 35.5 Å². The second-order valence-electron chi connectivity index (χ2n) is 3.62. The fraction of sp³-hybridized carbons (Fsp3) is 0.250. The van der Waals surface area contributed by atoms with Crippen LogP contribution in [0, 0.1) is 0 Å². The van der Waals surface area contributed by atoms with Crippen molar-refractivity contribution in [2.24, 2.45) is 0 Å². The minimum Gasteiger partial charge on any atom is -0.377 e. The van der Waals surface area contributed by atoms with Gasteiger partial charge in [-0.15, -0.1) is 0 Å². The Balaban J connectivity index is 2.28. The number of carbonyl (C=O) groups is 1. The molecule has 1 aromatic heterocycles. The topological polar surface area (TPSA) is 31.2 Å². The van der Waals surface area contributed by atoms with E-state index in [0.29, 0.717) is 11.6 Å². The van der Waals surface area contributed by atoms with Crippen LogP contribution in [-0.4, -0.2) is 24.1 Å². The third-order valence-corrected chi connectivity index (χ3v) is 2.62. The van der Waals surface area contributed by atoms with Gasteiger partial charge in [0, 0.05) is 29.2 Å². The number of ketones is 1. The molecule has 0 aliphatic carbocycles. The molecule has 0 amide bonds. The number of hydrogen-bond donors (Lipinski definition) is 0. The van der Waals surface area contributed by atoms with Crippen LogP contribution in [0.1, 0.15) is 0 Å². The molecule has 0 radical (unpaired) electrons. The lowest BCUT2D eigenvalue weighted by Gasteiger charge is -2.04. The number of nitrogens with zero attached hydrogens (tertiary/aromatic N) is 1. The fourth-order valence-electron chi connectivity index (χ4n) is 1.71. The Morgan fingerprint density at radius 2 is 2.25 bits per heavy atom. The van der Waals surface area contributed by atoms with Crippen molar-refractivity contribution in [3.8, 4) is 0 Å². The van der Waals surface area contributed by atoms with E-state index in [1.54, 1.807) is 0 Å². The van der Waals surface area contributed by atoms with Crippen LogP contribution < -0.4 is 0 Å². The van der Waals surface area contributed by atoms with Crippen LogP contribution in [0.25, 0.3) is 10.9 Å². The zero-order valence-electron chi connectivity index (χ0n) is 8.94. The van der Waals surface area contributed by atoms with Crippen LogP contribution in [0.15, 0.2) is 30.5 Å². The largest absolute Gasteiger partial charge is 0.377 e. The van der Waals surface area contributed by atoms with Gasteiger partial charge < -0.3 is 9.30 Å². The summed E-state index contributed by atoms with van der Waals surface area (Å²) in [5.74, 6) is 0.0509. The highest BCUT2D eigenvalue weighted by Crippen LogP contribution is 2.20. The van der Waals surface area contributed by atoms with E-state index < -0.39 is 0 Å². The smallest absolute Gasteiger partial charge is 0.178 e. The second-order valence-corrected chi connectivity index (χ2v) is 4.05. The predicted octanol–water partition coefficient (Wildman–Crippen LogP) is 2.51. The van der Waals surface area contributed by atoms with Gasteiger partial charge in [0.15, 0.2) is 5.78 Å². The lowest BCUT2D eigenvalue weighted by molar-refractivity contribution is -0.123. The Kier molecular flexibility index (Phi) is 3.27. The van der Waals surface area contributed by atoms with E-state index >= 15 is 0 Å². The average Bonchev–Trinajstić information content (AvgIpc) is 2.61. The van der Waals surface area contributed by atoms with E-state index in [-0.39, 0.29) is 12.4 Å². The average molecular weight is 238 g/mol. The number of methoxy groups -OCH3 is 1. The van der Waals surface area contributed by atoms with Crippen LogP contribution in [0.5, 0.6) is 0 Å². The molecule has 3 nitrogen and oxygen atoms in total. The van der Waals surface area contributed by atoms with E-state index in [2.05, 4.69) is 0 Å². The standard InChI is InChI=1S/C12H12ClNO2/c1-16-8-11(15)7-14-5-4-9-6-10(13)2-3-12(9)14/h2-6H,7-8H2,1H3. The number of Topliss-reactive ketones (excluding diaryl/α,β-unsaturated/α-hetero) is 1. The number of ether oxygens (including phenoxy) is 1. The normalized spacial score (nSPS) is 10.9. The van der Waals surface area contributed by atoms with Gasteiger partial charge in [0.2, 0.25) is 0 Å². The number of rotatable bonds is 4. The minimum atomic E-state index is 0.0509. The Labute approximate surface area is 98.6 Å². The molecule has 0 bridgehead atoms. The van der Waals surface area contributed by atoms with Crippen molar-refractivity contribution < 1.29 is 9.53 Å². The number of benzene rings is 1. The first kappa shape index (κ1) is 11.2. The number of hydrogen-bond acceptors (Lipinski definition) is 2. The van der Waals surface area contributed by atoms with Gasteiger partial charge in [0.05, 0.1) is 6.54 Å². The second kappa shape index (κ2) is 4.68. The van der Waals surface area contributed by atoms with Crippen LogP contribution in [0.3, 0.4) is 0 Å². The molecular formula is C12H12ClNO2. The highest BCUT2D eigenvalue weighted by atomic mass is 35.5. The van der Waals surface area contributed by atoms with Gasteiger partial charge in [-0.25, -0.2) is 0 Å². The van der Waals surface area contributed by atoms with Crippen molar-refractivity contribution in [2.75, 3.05) is 13.7 Å². The molecule has 0 fully saturated rings. The van der Waals surface area contributed by atoms with Crippen LogP contribution in [0.2, 0.25) is 5.02 Å². The zero-order chi connectivity index (χ0) is 11.5. The molecule has 1 aromatic carbocycles. The van der Waals surface area contributed by atoms with Gasteiger partial charge in [-0.05, 0) is 24.3 Å². The number of halogens is 1. The third-order valence-electron chi connectivity index (χ3n) is 2.39. The maximum atomic E-state index is 11.4. The summed E-state index contributed by atoms with van der Waals surface area (Å²) in [5, 5.41) is 1.74. The molecule has 2 rings (SSSR count). The molecule has 0 spiro atoms. The van der Waals surface area contributed by atoms with E-state index in [9.17, 15) is 4.79 Å². The first-order valence-electron chi connectivity index (χ1n) is 4.96. The Bertz CT molecular complexity index is 519. The van der Waals surface area contributed by atoms with Crippen molar-refractivity contribution in [1.82, 2.24) is 4.57 Å².